The van der Waals surface area contributed by atoms with Crippen LogP contribution in [0.2, 0.25) is 0 Å². The minimum Gasteiger partial charge on any atom is -0.398 e. The lowest BCUT2D eigenvalue weighted by atomic mass is 9.99. The molecule has 0 aliphatic heterocycles. The summed E-state index contributed by atoms with van der Waals surface area (Å²) in [5, 5.41) is 20.9. The van der Waals surface area contributed by atoms with Crippen molar-refractivity contribution in [2.45, 2.75) is 6.92 Å². The predicted octanol–water partition coefficient (Wildman–Crippen LogP) is 4.56. The van der Waals surface area contributed by atoms with Crippen LogP contribution in [-0.2, 0) is 0 Å². The van der Waals surface area contributed by atoms with Gasteiger partial charge in [-0.25, -0.2) is 8.78 Å². The van der Waals surface area contributed by atoms with Gasteiger partial charge in [0.25, 0.3) is 5.91 Å². The number of amides is 1. The molecule has 0 heterocycles. The van der Waals surface area contributed by atoms with E-state index in [-0.39, 0.29) is 22.6 Å². The van der Waals surface area contributed by atoms with Gasteiger partial charge in [0.05, 0.1) is 11.3 Å². The SMILES string of the molecule is CNc1cc(F)c(C(=O)Nc2ccc(N)c(C(=N)c3cccc(C)c3)c2)c(F)c1C=N. The maximum Gasteiger partial charge on any atom is 0.261 e. The lowest BCUT2D eigenvalue weighted by Gasteiger charge is -2.14. The van der Waals surface area contributed by atoms with Gasteiger partial charge in [-0.2, -0.15) is 0 Å². The molecular weight excluding hydrogens is 400 g/mol. The zero-order chi connectivity index (χ0) is 22.7. The van der Waals surface area contributed by atoms with Gasteiger partial charge < -0.3 is 21.8 Å². The Bertz CT molecular complexity index is 1210. The van der Waals surface area contributed by atoms with Crippen molar-refractivity contribution in [2.24, 2.45) is 0 Å². The molecule has 0 saturated carbocycles. The van der Waals surface area contributed by atoms with Crippen molar-refractivity contribution in [3.63, 3.8) is 0 Å². The summed E-state index contributed by atoms with van der Waals surface area (Å²) in [5.41, 5.74) is 7.74. The monoisotopic (exact) mass is 421 g/mol. The molecule has 0 aliphatic rings. The molecule has 31 heavy (non-hydrogen) atoms. The van der Waals surface area contributed by atoms with Crippen molar-refractivity contribution >= 4 is 34.9 Å². The third-order valence-corrected chi connectivity index (χ3v) is 4.78. The number of nitrogen functional groups attached to an aromatic ring is 1. The lowest BCUT2D eigenvalue weighted by molar-refractivity contribution is 0.101. The summed E-state index contributed by atoms with van der Waals surface area (Å²) >= 11 is 0. The van der Waals surface area contributed by atoms with Crippen LogP contribution in [0.15, 0.2) is 48.5 Å². The van der Waals surface area contributed by atoms with E-state index < -0.39 is 23.1 Å². The first-order valence-corrected chi connectivity index (χ1v) is 9.33. The molecule has 0 unspecified atom stereocenters. The van der Waals surface area contributed by atoms with Gasteiger partial charge >= 0.3 is 0 Å². The highest BCUT2D eigenvalue weighted by Crippen LogP contribution is 2.26. The molecule has 3 aromatic carbocycles. The van der Waals surface area contributed by atoms with Crippen LogP contribution in [0.4, 0.5) is 25.8 Å². The topological polar surface area (TPSA) is 115 Å². The Labute approximate surface area is 178 Å². The Kier molecular flexibility index (Phi) is 6.10. The molecule has 3 rings (SSSR count). The van der Waals surface area contributed by atoms with Crippen LogP contribution in [0.1, 0.15) is 32.6 Å². The normalized spacial score (nSPS) is 10.5. The van der Waals surface area contributed by atoms with Crippen molar-refractivity contribution in [3.8, 4) is 0 Å². The molecular formula is C23H21F2N5O. The smallest absolute Gasteiger partial charge is 0.261 e. The minimum atomic E-state index is -1.14. The van der Waals surface area contributed by atoms with Crippen molar-refractivity contribution < 1.29 is 13.6 Å². The summed E-state index contributed by atoms with van der Waals surface area (Å²) in [6.07, 6.45) is 0.710. The first kappa shape index (κ1) is 21.6. The third-order valence-electron chi connectivity index (χ3n) is 4.78. The fourth-order valence-electron chi connectivity index (χ4n) is 3.19. The van der Waals surface area contributed by atoms with E-state index in [4.69, 9.17) is 16.6 Å². The average molecular weight is 421 g/mol. The Hall–Kier alpha value is -4.07. The molecule has 6 N–H and O–H groups in total. The zero-order valence-corrected chi connectivity index (χ0v) is 16.9. The van der Waals surface area contributed by atoms with E-state index in [1.54, 1.807) is 6.07 Å². The average Bonchev–Trinajstić information content (AvgIpc) is 2.74. The standard InChI is InChI=1S/C23H21F2N5O/c1-12-4-3-5-13(8-12)22(28)15-9-14(6-7-18(15)27)30-23(31)20-17(24)10-19(29-2)16(11-26)21(20)25/h3-11,26,28-29H,27H2,1-2H3,(H,30,31). The van der Waals surface area contributed by atoms with Crippen LogP contribution in [0.3, 0.4) is 0 Å². The number of aryl methyl sites for hydroxylation is 1. The summed E-state index contributed by atoms with van der Waals surface area (Å²) in [6.45, 7) is 1.90. The Morgan fingerprint density at radius 3 is 2.52 bits per heavy atom. The summed E-state index contributed by atoms with van der Waals surface area (Å²) < 4.78 is 29.1. The molecule has 0 aliphatic carbocycles. The van der Waals surface area contributed by atoms with E-state index in [0.717, 1.165) is 11.6 Å². The molecule has 8 heteroatoms. The fourth-order valence-corrected chi connectivity index (χ4v) is 3.19. The number of rotatable bonds is 6. The first-order chi connectivity index (χ1) is 14.8. The van der Waals surface area contributed by atoms with E-state index in [9.17, 15) is 13.6 Å². The highest BCUT2D eigenvalue weighted by atomic mass is 19.1. The lowest BCUT2D eigenvalue weighted by Crippen LogP contribution is -2.18. The van der Waals surface area contributed by atoms with Crippen LogP contribution >= 0.6 is 0 Å². The van der Waals surface area contributed by atoms with Crippen molar-refractivity contribution in [3.05, 3.63) is 88.0 Å². The highest BCUT2D eigenvalue weighted by Gasteiger charge is 2.23. The zero-order valence-electron chi connectivity index (χ0n) is 16.9. The molecule has 6 nitrogen and oxygen atoms in total. The number of carbonyl (C=O) groups excluding carboxylic acids is 1. The predicted molar refractivity (Wildman–Crippen MR) is 120 cm³/mol. The molecule has 1 amide bonds. The number of nitrogens with one attached hydrogen (secondary N) is 4. The maximum absolute atomic E-state index is 14.7. The van der Waals surface area contributed by atoms with Crippen molar-refractivity contribution in [1.82, 2.24) is 0 Å². The molecule has 3 aromatic rings. The highest BCUT2D eigenvalue weighted by molar-refractivity contribution is 6.15. The molecule has 0 saturated heterocycles. The van der Waals surface area contributed by atoms with Gasteiger partial charge in [-0.3, -0.25) is 10.2 Å². The molecule has 0 fully saturated rings. The van der Waals surface area contributed by atoms with Crippen LogP contribution in [0.5, 0.6) is 0 Å². The summed E-state index contributed by atoms with van der Waals surface area (Å²) in [4.78, 5) is 12.6. The van der Waals surface area contributed by atoms with Crippen molar-refractivity contribution in [1.29, 1.82) is 10.8 Å². The Morgan fingerprint density at radius 2 is 1.87 bits per heavy atom. The van der Waals surface area contributed by atoms with Crippen LogP contribution in [-0.4, -0.2) is 24.9 Å². The van der Waals surface area contributed by atoms with Crippen LogP contribution < -0.4 is 16.4 Å². The summed E-state index contributed by atoms with van der Waals surface area (Å²) in [6, 6.07) is 12.8. The second kappa shape index (κ2) is 8.74. The minimum absolute atomic E-state index is 0.0583. The number of benzene rings is 3. The maximum atomic E-state index is 14.7. The molecule has 0 aromatic heterocycles. The molecule has 0 radical (unpaired) electrons. The van der Waals surface area contributed by atoms with Gasteiger partial charge in [0, 0.05) is 41.5 Å². The van der Waals surface area contributed by atoms with E-state index in [0.29, 0.717) is 23.0 Å². The van der Waals surface area contributed by atoms with Gasteiger partial charge in [0.2, 0.25) is 0 Å². The summed E-state index contributed by atoms with van der Waals surface area (Å²) in [7, 11) is 1.46. The number of hydrogen-bond donors (Lipinski definition) is 5. The second-order valence-corrected chi connectivity index (χ2v) is 6.90. The molecule has 0 spiro atoms. The van der Waals surface area contributed by atoms with Gasteiger partial charge in [-0.05, 0) is 37.3 Å². The van der Waals surface area contributed by atoms with Crippen molar-refractivity contribution in [2.75, 3.05) is 23.4 Å². The Balaban J connectivity index is 1.96. The largest absolute Gasteiger partial charge is 0.398 e. The van der Waals surface area contributed by atoms with Crippen LogP contribution in [0, 0.1) is 29.4 Å². The third kappa shape index (κ3) is 4.28. The second-order valence-electron chi connectivity index (χ2n) is 6.90. The van der Waals surface area contributed by atoms with Gasteiger partial charge in [-0.1, -0.05) is 23.8 Å². The fraction of sp³-hybridized carbons (Fsp3) is 0.0870. The number of hydrogen-bond acceptors (Lipinski definition) is 5. The van der Waals surface area contributed by atoms with Gasteiger partial charge in [0.15, 0.2) is 0 Å². The van der Waals surface area contributed by atoms with E-state index in [1.807, 2.05) is 25.1 Å². The number of nitrogens with two attached hydrogens (primary N) is 1. The molecule has 0 bridgehead atoms. The van der Waals surface area contributed by atoms with E-state index in [1.165, 1.54) is 25.2 Å². The van der Waals surface area contributed by atoms with Crippen LogP contribution in [0.25, 0.3) is 0 Å². The summed E-state index contributed by atoms with van der Waals surface area (Å²) in [5.74, 6) is -3.22. The Morgan fingerprint density at radius 1 is 1.13 bits per heavy atom. The number of anilines is 3. The number of carbonyl (C=O) groups is 1. The molecule has 0 atom stereocenters. The molecule has 158 valence electrons. The van der Waals surface area contributed by atoms with Gasteiger partial charge in [-0.15, -0.1) is 0 Å². The first-order valence-electron chi connectivity index (χ1n) is 9.33. The van der Waals surface area contributed by atoms with E-state index in [2.05, 4.69) is 10.6 Å². The quantitative estimate of drug-likeness (QED) is 0.297. The van der Waals surface area contributed by atoms with E-state index >= 15 is 0 Å². The number of halogens is 2. The van der Waals surface area contributed by atoms with Gasteiger partial charge in [0.1, 0.15) is 17.2 Å².